The van der Waals surface area contributed by atoms with Crippen molar-refractivity contribution in [3.63, 3.8) is 0 Å². The summed E-state index contributed by atoms with van der Waals surface area (Å²) in [4.78, 5) is 2.51. The number of ether oxygens (including phenoxy) is 1. The Morgan fingerprint density at radius 3 is 3.12 bits per heavy atom. The lowest BCUT2D eigenvalue weighted by Crippen LogP contribution is -2.51. The third-order valence-corrected chi connectivity index (χ3v) is 3.37. The van der Waals surface area contributed by atoms with Crippen LogP contribution in [0.25, 0.3) is 0 Å². The molecule has 1 aliphatic rings. The summed E-state index contributed by atoms with van der Waals surface area (Å²) in [6.45, 7) is 6.20. The van der Waals surface area contributed by atoms with E-state index in [9.17, 15) is 0 Å². The van der Waals surface area contributed by atoms with Crippen LogP contribution < -0.4 is 10.2 Å². The van der Waals surface area contributed by atoms with Crippen LogP contribution in [0.5, 0.6) is 0 Å². The number of nitrogens with one attached hydrogen (secondary N) is 1. The molecule has 0 amide bonds. The minimum atomic E-state index is 0.613. The highest BCUT2D eigenvalue weighted by atomic mass is 16.5. The number of hydrogen-bond donors (Lipinski definition) is 1. The molecule has 1 fully saturated rings. The van der Waals surface area contributed by atoms with Gasteiger partial charge in [0.15, 0.2) is 0 Å². The van der Waals surface area contributed by atoms with E-state index in [1.807, 2.05) is 0 Å². The summed E-state index contributed by atoms with van der Waals surface area (Å²) in [5, 5.41) is 3.46. The van der Waals surface area contributed by atoms with E-state index in [1.54, 1.807) is 7.11 Å². The second kappa shape index (κ2) is 6.03. The Labute approximate surface area is 104 Å². The average Bonchev–Trinajstić information content (AvgIpc) is 2.39. The summed E-state index contributed by atoms with van der Waals surface area (Å²) in [5.74, 6) is 0. The van der Waals surface area contributed by atoms with Crippen molar-refractivity contribution in [2.75, 3.05) is 31.6 Å². The molecule has 0 radical (unpaired) electrons. The highest BCUT2D eigenvalue weighted by Gasteiger charge is 2.20. The van der Waals surface area contributed by atoms with Crippen LogP contribution in [0.4, 0.5) is 5.69 Å². The maximum atomic E-state index is 5.19. The molecule has 3 heteroatoms. The number of rotatable bonds is 4. The van der Waals surface area contributed by atoms with Crippen molar-refractivity contribution in [3.8, 4) is 0 Å². The number of anilines is 1. The SMILES string of the molecule is CCC1CNCCN1c1cccc(COC)c1. The lowest BCUT2D eigenvalue weighted by atomic mass is 10.1. The highest BCUT2D eigenvalue weighted by molar-refractivity contribution is 5.50. The van der Waals surface area contributed by atoms with Gasteiger partial charge in [0, 0.05) is 38.5 Å². The number of methoxy groups -OCH3 is 1. The van der Waals surface area contributed by atoms with Crippen LogP contribution in [0, 0.1) is 0 Å². The molecule has 1 atom stereocenters. The Bertz CT molecular complexity index is 354. The number of nitrogens with zero attached hydrogens (tertiary/aromatic N) is 1. The van der Waals surface area contributed by atoms with Gasteiger partial charge in [0.2, 0.25) is 0 Å². The van der Waals surface area contributed by atoms with E-state index in [-0.39, 0.29) is 0 Å². The van der Waals surface area contributed by atoms with Crippen molar-refractivity contribution in [1.82, 2.24) is 5.32 Å². The molecule has 1 N–H and O–H groups in total. The van der Waals surface area contributed by atoms with Crippen LogP contribution in [-0.4, -0.2) is 32.8 Å². The monoisotopic (exact) mass is 234 g/mol. The highest BCUT2D eigenvalue weighted by Crippen LogP contribution is 2.21. The molecule has 1 aromatic carbocycles. The Hall–Kier alpha value is -1.06. The molecule has 1 aromatic rings. The maximum Gasteiger partial charge on any atom is 0.0713 e. The van der Waals surface area contributed by atoms with Gasteiger partial charge in [-0.2, -0.15) is 0 Å². The Morgan fingerprint density at radius 1 is 1.47 bits per heavy atom. The first-order chi connectivity index (χ1) is 8.35. The van der Waals surface area contributed by atoms with Crippen LogP contribution in [-0.2, 0) is 11.3 Å². The lowest BCUT2D eigenvalue weighted by Gasteiger charge is -2.37. The van der Waals surface area contributed by atoms with Gasteiger partial charge in [-0.05, 0) is 24.1 Å². The molecule has 0 saturated carbocycles. The molecule has 0 aliphatic carbocycles. The average molecular weight is 234 g/mol. The van der Waals surface area contributed by atoms with Crippen LogP contribution in [0.15, 0.2) is 24.3 Å². The van der Waals surface area contributed by atoms with E-state index < -0.39 is 0 Å². The molecule has 94 valence electrons. The first-order valence-corrected chi connectivity index (χ1v) is 6.40. The second-order valence-electron chi connectivity index (χ2n) is 4.56. The third-order valence-electron chi connectivity index (χ3n) is 3.37. The third kappa shape index (κ3) is 2.99. The van der Waals surface area contributed by atoms with Crippen LogP contribution in [0.1, 0.15) is 18.9 Å². The molecule has 2 rings (SSSR count). The Balaban J connectivity index is 2.16. The zero-order chi connectivity index (χ0) is 12.1. The van der Waals surface area contributed by atoms with E-state index in [0.29, 0.717) is 12.6 Å². The van der Waals surface area contributed by atoms with Gasteiger partial charge in [-0.1, -0.05) is 19.1 Å². The fraction of sp³-hybridized carbons (Fsp3) is 0.571. The van der Waals surface area contributed by atoms with Gasteiger partial charge in [-0.25, -0.2) is 0 Å². The zero-order valence-electron chi connectivity index (χ0n) is 10.8. The van der Waals surface area contributed by atoms with Crippen LogP contribution >= 0.6 is 0 Å². The van der Waals surface area contributed by atoms with E-state index >= 15 is 0 Å². The topological polar surface area (TPSA) is 24.5 Å². The fourth-order valence-electron chi connectivity index (χ4n) is 2.46. The minimum absolute atomic E-state index is 0.613. The zero-order valence-corrected chi connectivity index (χ0v) is 10.8. The molecular formula is C14H22N2O. The minimum Gasteiger partial charge on any atom is -0.380 e. The van der Waals surface area contributed by atoms with Crippen molar-refractivity contribution < 1.29 is 4.74 Å². The van der Waals surface area contributed by atoms with Crippen LogP contribution in [0.3, 0.4) is 0 Å². The van der Waals surface area contributed by atoms with Crippen molar-refractivity contribution >= 4 is 5.69 Å². The largest absolute Gasteiger partial charge is 0.380 e. The van der Waals surface area contributed by atoms with Gasteiger partial charge in [-0.15, -0.1) is 0 Å². The maximum absolute atomic E-state index is 5.19. The number of hydrogen-bond acceptors (Lipinski definition) is 3. The first kappa shape index (κ1) is 12.4. The molecule has 0 spiro atoms. The lowest BCUT2D eigenvalue weighted by molar-refractivity contribution is 0.185. The number of benzene rings is 1. The van der Waals surface area contributed by atoms with Gasteiger partial charge >= 0.3 is 0 Å². The Morgan fingerprint density at radius 2 is 2.35 bits per heavy atom. The Kier molecular flexibility index (Phi) is 4.40. The van der Waals surface area contributed by atoms with Crippen molar-refractivity contribution in [3.05, 3.63) is 29.8 Å². The van der Waals surface area contributed by atoms with E-state index in [1.165, 1.54) is 17.7 Å². The predicted octanol–water partition coefficient (Wildman–Crippen LogP) is 2.02. The quantitative estimate of drug-likeness (QED) is 0.862. The smallest absolute Gasteiger partial charge is 0.0713 e. The molecule has 0 bridgehead atoms. The second-order valence-corrected chi connectivity index (χ2v) is 4.56. The van der Waals surface area contributed by atoms with Gasteiger partial charge in [-0.3, -0.25) is 0 Å². The normalized spacial score (nSPS) is 20.6. The summed E-state index contributed by atoms with van der Waals surface area (Å²) < 4.78 is 5.19. The van der Waals surface area contributed by atoms with Gasteiger partial charge in [0.05, 0.1) is 6.61 Å². The molecule has 1 heterocycles. The molecular weight excluding hydrogens is 212 g/mol. The molecule has 3 nitrogen and oxygen atoms in total. The van der Waals surface area contributed by atoms with E-state index in [0.717, 1.165) is 19.6 Å². The fourth-order valence-corrected chi connectivity index (χ4v) is 2.46. The predicted molar refractivity (Wildman–Crippen MR) is 71.4 cm³/mol. The van der Waals surface area contributed by atoms with Gasteiger partial charge < -0.3 is 15.0 Å². The van der Waals surface area contributed by atoms with E-state index in [2.05, 4.69) is 41.4 Å². The summed E-state index contributed by atoms with van der Waals surface area (Å²) in [5.41, 5.74) is 2.58. The van der Waals surface area contributed by atoms with Gasteiger partial charge in [0.25, 0.3) is 0 Å². The standard InChI is InChI=1S/C14H22N2O/c1-3-13-10-15-7-8-16(13)14-6-4-5-12(9-14)11-17-2/h4-6,9,13,15H,3,7-8,10-11H2,1-2H3. The van der Waals surface area contributed by atoms with Crippen LogP contribution in [0.2, 0.25) is 0 Å². The molecule has 1 aliphatic heterocycles. The molecule has 1 unspecified atom stereocenters. The van der Waals surface area contributed by atoms with Gasteiger partial charge in [0.1, 0.15) is 0 Å². The molecule has 17 heavy (non-hydrogen) atoms. The molecule has 0 aromatic heterocycles. The number of piperazine rings is 1. The van der Waals surface area contributed by atoms with E-state index in [4.69, 9.17) is 4.74 Å². The molecule has 1 saturated heterocycles. The van der Waals surface area contributed by atoms with Crippen molar-refractivity contribution in [2.24, 2.45) is 0 Å². The first-order valence-electron chi connectivity index (χ1n) is 6.40. The summed E-state index contributed by atoms with van der Waals surface area (Å²) in [7, 11) is 1.74. The summed E-state index contributed by atoms with van der Waals surface area (Å²) >= 11 is 0. The van der Waals surface area contributed by atoms with Crippen molar-refractivity contribution in [1.29, 1.82) is 0 Å². The summed E-state index contributed by atoms with van der Waals surface area (Å²) in [6, 6.07) is 9.31. The van der Waals surface area contributed by atoms with Crippen molar-refractivity contribution in [2.45, 2.75) is 26.0 Å². The summed E-state index contributed by atoms with van der Waals surface area (Å²) in [6.07, 6.45) is 1.18.